The molecule has 5 rings (SSSR count). The van der Waals surface area contributed by atoms with Gasteiger partial charge in [-0.3, -0.25) is 9.36 Å². The number of benzene rings is 2. The third kappa shape index (κ3) is 5.18. The Morgan fingerprint density at radius 3 is 2.56 bits per heavy atom. The molecule has 0 spiro atoms. The number of anilines is 1. The van der Waals surface area contributed by atoms with Gasteiger partial charge >= 0.3 is 0 Å². The molecule has 3 heterocycles. The monoisotopic (exact) mass is 582 g/mol. The lowest BCUT2D eigenvalue weighted by atomic mass is 10.1. The van der Waals surface area contributed by atoms with Crippen LogP contribution in [0.25, 0.3) is 11.2 Å². The fourth-order valence-corrected chi connectivity index (χ4v) is 5.66. The highest BCUT2D eigenvalue weighted by Gasteiger charge is 2.43. The number of carbonyl (C=O) groups excluding carboxylic acids is 1. The van der Waals surface area contributed by atoms with Crippen LogP contribution >= 0.6 is 0 Å². The van der Waals surface area contributed by atoms with Crippen molar-refractivity contribution in [1.29, 1.82) is 0 Å². The van der Waals surface area contributed by atoms with Crippen LogP contribution in [0.2, 0.25) is 0 Å². The van der Waals surface area contributed by atoms with Crippen LogP contribution < -0.4 is 11.1 Å². The average molecular weight is 583 g/mol. The molecule has 0 radical (unpaired) electrons. The summed E-state index contributed by atoms with van der Waals surface area (Å²) in [7, 11) is -4.09. The number of amides is 1. The number of hydrogen-bond acceptors (Lipinski definition) is 12. The molecule has 2 aromatic carbocycles. The summed E-state index contributed by atoms with van der Waals surface area (Å²) in [6, 6.07) is 7.87. The first-order valence-electron chi connectivity index (χ1n) is 12.3. The Bertz CT molecular complexity index is 1760. The lowest BCUT2D eigenvalue weighted by Gasteiger charge is -2.16. The number of nitrogens with two attached hydrogens (primary N) is 1. The highest BCUT2D eigenvalue weighted by Crippen LogP contribution is 2.35. The Hall–Kier alpha value is -4.57. The maximum Gasteiger partial charge on any atom is 0.255 e. The number of nitrogens with zero attached hydrogens (tertiary/aromatic N) is 4. The standard InChI is InChI=1S/C26H26N6O8S/c1-13-4-6-14(7-5-13)41(38,39)15-9-16(20(34)17(33)10-15)25(37)28-8-2-3-18-21(35)22(36)26(40-18)32-12-31-19-23(27)29-11-30-24(19)32/h2-7,9-12,18,21-22,26,33-36H,8H2,1H3,(H,28,37)(H2,27,29,30)/t18-,21+,22?,26-/m1/s1. The van der Waals surface area contributed by atoms with Crippen LogP contribution in [-0.2, 0) is 14.6 Å². The number of phenols is 2. The summed E-state index contributed by atoms with van der Waals surface area (Å²) in [4.78, 5) is 24.5. The fraction of sp³-hybridized carbons (Fsp3) is 0.231. The maximum atomic E-state index is 13.0. The number of sulfone groups is 1. The van der Waals surface area contributed by atoms with Crippen molar-refractivity contribution >= 4 is 32.7 Å². The first-order valence-corrected chi connectivity index (χ1v) is 13.7. The minimum absolute atomic E-state index is 0.0438. The summed E-state index contributed by atoms with van der Waals surface area (Å²) in [5, 5.41) is 43.9. The molecule has 15 heteroatoms. The van der Waals surface area contributed by atoms with Crippen molar-refractivity contribution in [2.75, 3.05) is 12.3 Å². The molecule has 4 aromatic rings. The van der Waals surface area contributed by atoms with Gasteiger partial charge in [-0.1, -0.05) is 29.8 Å². The van der Waals surface area contributed by atoms with Crippen LogP contribution in [0, 0.1) is 6.92 Å². The average Bonchev–Trinajstić information content (AvgIpc) is 3.49. The van der Waals surface area contributed by atoms with E-state index in [4.69, 9.17) is 10.5 Å². The Morgan fingerprint density at radius 2 is 1.83 bits per heavy atom. The molecule has 1 aliphatic heterocycles. The molecule has 7 N–H and O–H groups in total. The van der Waals surface area contributed by atoms with E-state index in [0.717, 1.165) is 17.7 Å². The lowest BCUT2D eigenvalue weighted by molar-refractivity contribution is -0.0245. The summed E-state index contributed by atoms with van der Waals surface area (Å²) in [5.41, 5.74) is 6.81. The first kappa shape index (κ1) is 28.0. The van der Waals surface area contributed by atoms with Gasteiger partial charge in [0.2, 0.25) is 9.84 Å². The number of fused-ring (bicyclic) bond motifs is 1. The predicted octanol–water partition coefficient (Wildman–Crippen LogP) is 0.566. The van der Waals surface area contributed by atoms with Crippen LogP contribution in [-0.4, -0.2) is 79.1 Å². The Balaban J connectivity index is 1.27. The summed E-state index contributed by atoms with van der Waals surface area (Å²) >= 11 is 0. The number of aryl methyl sites for hydroxylation is 1. The second-order valence-electron chi connectivity index (χ2n) is 9.35. The highest BCUT2D eigenvalue weighted by molar-refractivity contribution is 7.91. The minimum atomic E-state index is -4.09. The summed E-state index contributed by atoms with van der Waals surface area (Å²) < 4.78 is 33.3. The van der Waals surface area contributed by atoms with Gasteiger partial charge in [-0.2, -0.15) is 0 Å². The molecule has 4 atom stereocenters. The molecule has 1 fully saturated rings. The number of aliphatic hydroxyl groups is 2. The smallest absolute Gasteiger partial charge is 0.255 e. The lowest BCUT2D eigenvalue weighted by Crippen LogP contribution is -2.31. The molecule has 0 bridgehead atoms. The van der Waals surface area contributed by atoms with E-state index >= 15 is 0 Å². The van der Waals surface area contributed by atoms with E-state index < -0.39 is 57.3 Å². The number of ether oxygens (including phenoxy) is 1. The summed E-state index contributed by atoms with van der Waals surface area (Å²) in [6.07, 6.45) is 0.787. The second-order valence-corrected chi connectivity index (χ2v) is 11.3. The van der Waals surface area contributed by atoms with Gasteiger partial charge in [0.1, 0.15) is 30.2 Å². The molecule has 1 saturated heterocycles. The van der Waals surface area contributed by atoms with Crippen LogP contribution in [0.4, 0.5) is 5.82 Å². The molecular weight excluding hydrogens is 556 g/mol. The van der Waals surface area contributed by atoms with Crippen molar-refractivity contribution in [2.45, 2.75) is 41.3 Å². The van der Waals surface area contributed by atoms with Crippen LogP contribution in [0.3, 0.4) is 0 Å². The van der Waals surface area contributed by atoms with Gasteiger partial charge in [-0.05, 0) is 25.1 Å². The molecule has 214 valence electrons. The zero-order valence-corrected chi connectivity index (χ0v) is 22.3. The van der Waals surface area contributed by atoms with E-state index in [1.54, 1.807) is 19.1 Å². The largest absolute Gasteiger partial charge is 0.504 e. The van der Waals surface area contributed by atoms with Gasteiger partial charge in [-0.25, -0.2) is 23.4 Å². The van der Waals surface area contributed by atoms with E-state index in [1.807, 2.05) is 0 Å². The number of rotatable bonds is 7. The molecule has 1 aliphatic rings. The van der Waals surface area contributed by atoms with Gasteiger partial charge in [-0.15, -0.1) is 0 Å². The number of aromatic hydroxyl groups is 2. The molecule has 1 amide bonds. The highest BCUT2D eigenvalue weighted by atomic mass is 32.2. The Morgan fingerprint density at radius 1 is 1.10 bits per heavy atom. The van der Waals surface area contributed by atoms with Gasteiger partial charge in [0.25, 0.3) is 5.91 Å². The number of phenolic OH excluding ortho intramolecular Hbond substituents is 2. The summed E-state index contributed by atoms with van der Waals surface area (Å²) in [6.45, 7) is 1.67. The van der Waals surface area contributed by atoms with Crippen molar-refractivity contribution in [3.8, 4) is 11.5 Å². The normalized spacial score (nSPS) is 21.0. The van der Waals surface area contributed by atoms with Crippen LogP contribution in [0.1, 0.15) is 22.1 Å². The molecule has 1 unspecified atom stereocenters. The number of imidazole rings is 1. The Labute approximate surface area is 233 Å². The van der Waals surface area contributed by atoms with Gasteiger partial charge in [0.15, 0.2) is 29.2 Å². The van der Waals surface area contributed by atoms with E-state index in [0.29, 0.717) is 11.2 Å². The quantitative estimate of drug-likeness (QED) is 0.130. The van der Waals surface area contributed by atoms with Crippen molar-refractivity contribution in [2.24, 2.45) is 0 Å². The number of hydrogen-bond donors (Lipinski definition) is 6. The second kappa shape index (κ2) is 10.8. The van der Waals surface area contributed by atoms with Crippen molar-refractivity contribution < 1.29 is 38.4 Å². The first-order chi connectivity index (χ1) is 19.5. The van der Waals surface area contributed by atoms with E-state index in [1.165, 1.54) is 41.5 Å². The molecule has 2 aromatic heterocycles. The maximum absolute atomic E-state index is 13.0. The summed E-state index contributed by atoms with van der Waals surface area (Å²) in [5.74, 6) is -2.28. The van der Waals surface area contributed by atoms with Gasteiger partial charge in [0.05, 0.1) is 21.7 Å². The van der Waals surface area contributed by atoms with Crippen molar-refractivity contribution in [3.05, 3.63) is 72.3 Å². The third-order valence-corrected chi connectivity index (χ3v) is 8.34. The molecular formula is C26H26N6O8S. The molecule has 14 nitrogen and oxygen atoms in total. The zero-order chi connectivity index (χ0) is 29.5. The van der Waals surface area contributed by atoms with Crippen molar-refractivity contribution in [1.82, 2.24) is 24.8 Å². The number of carbonyl (C=O) groups is 1. The van der Waals surface area contributed by atoms with Crippen LogP contribution in [0.5, 0.6) is 11.5 Å². The van der Waals surface area contributed by atoms with E-state index in [9.17, 15) is 33.6 Å². The third-order valence-electron chi connectivity index (χ3n) is 6.59. The van der Waals surface area contributed by atoms with E-state index in [2.05, 4.69) is 20.3 Å². The Kier molecular flexibility index (Phi) is 7.35. The zero-order valence-electron chi connectivity index (χ0n) is 21.5. The predicted molar refractivity (Wildman–Crippen MR) is 144 cm³/mol. The molecule has 0 saturated carbocycles. The fourth-order valence-electron chi connectivity index (χ4n) is 4.35. The SMILES string of the molecule is Cc1ccc(S(=O)(=O)c2cc(O)c(O)c(C(=O)NCC=C[C@H]3O[C@@H](n4cnc5c(N)ncnc54)C(O)[C@H]3O)c2)cc1. The number of aliphatic hydroxyl groups excluding tert-OH is 2. The molecule has 41 heavy (non-hydrogen) atoms. The van der Waals surface area contributed by atoms with Crippen LogP contribution in [0.15, 0.2) is 71.0 Å². The molecule has 0 aliphatic carbocycles. The van der Waals surface area contributed by atoms with Gasteiger partial charge < -0.3 is 36.2 Å². The number of aromatic nitrogens is 4. The van der Waals surface area contributed by atoms with Gasteiger partial charge in [0, 0.05) is 12.6 Å². The minimum Gasteiger partial charge on any atom is -0.504 e. The topological polar surface area (TPSA) is 223 Å². The van der Waals surface area contributed by atoms with E-state index in [-0.39, 0.29) is 22.2 Å². The van der Waals surface area contributed by atoms with Crippen molar-refractivity contribution in [3.63, 3.8) is 0 Å². The number of nitrogens with one attached hydrogen (secondary N) is 1. The number of nitrogen functional groups attached to an aromatic ring is 1.